The molecule has 2 heterocycles. The number of H-pyrrole nitrogens is 1. The summed E-state index contributed by atoms with van der Waals surface area (Å²) in [5, 5.41) is 4.74. The van der Waals surface area contributed by atoms with Crippen molar-refractivity contribution in [2.75, 3.05) is 5.32 Å². The van der Waals surface area contributed by atoms with Gasteiger partial charge in [0.05, 0.1) is 11.1 Å². The Hall–Kier alpha value is -3.20. The number of fused-ring (bicyclic) bond motifs is 1. The molecule has 3 aromatic rings. The van der Waals surface area contributed by atoms with E-state index in [0.717, 1.165) is 11.3 Å². The Balaban J connectivity index is 1.72. The number of carbonyl (C=O) groups is 3. The maximum Gasteiger partial charge on any atom is 0.341 e. The van der Waals surface area contributed by atoms with Crippen molar-refractivity contribution in [3.8, 4) is 0 Å². The highest BCUT2D eigenvalue weighted by molar-refractivity contribution is 7.14. The number of ether oxygens (including phenoxy) is 1. The molecule has 26 heavy (non-hydrogen) atoms. The molecule has 0 radical (unpaired) electrons. The molecule has 0 saturated carbocycles. The summed E-state index contributed by atoms with van der Waals surface area (Å²) in [5.74, 6) is -2.55. The fourth-order valence-corrected chi connectivity index (χ4v) is 3.15. The van der Waals surface area contributed by atoms with Crippen molar-refractivity contribution in [2.45, 2.75) is 13.0 Å². The van der Waals surface area contributed by atoms with E-state index in [-0.39, 0.29) is 16.1 Å². The van der Waals surface area contributed by atoms with E-state index in [0.29, 0.717) is 10.9 Å². The first-order valence-corrected chi connectivity index (χ1v) is 8.40. The molecule has 9 heteroatoms. The number of carbonyl (C=O) groups excluding carboxylic acids is 3. The van der Waals surface area contributed by atoms with Crippen molar-refractivity contribution in [1.82, 2.24) is 4.98 Å². The number of esters is 1. The fraction of sp³-hybridized carbons (Fsp3) is 0.118. The molecule has 0 aliphatic carbocycles. The van der Waals surface area contributed by atoms with Crippen LogP contribution in [0.3, 0.4) is 0 Å². The third kappa shape index (κ3) is 3.42. The van der Waals surface area contributed by atoms with Gasteiger partial charge < -0.3 is 20.8 Å². The van der Waals surface area contributed by atoms with Crippen molar-refractivity contribution >= 4 is 45.0 Å². The summed E-state index contributed by atoms with van der Waals surface area (Å²) in [5.41, 5.74) is 6.08. The number of nitrogens with one attached hydrogen (secondary N) is 2. The molecular formula is C17H14FN3O4S. The largest absolute Gasteiger partial charge is 0.449 e. The van der Waals surface area contributed by atoms with E-state index in [4.69, 9.17) is 10.5 Å². The Labute approximate surface area is 150 Å². The van der Waals surface area contributed by atoms with Crippen LogP contribution in [0, 0.1) is 5.82 Å². The zero-order valence-electron chi connectivity index (χ0n) is 13.5. The second-order valence-electron chi connectivity index (χ2n) is 5.46. The molecule has 1 unspecified atom stereocenters. The number of anilines is 1. The normalized spacial score (nSPS) is 11.9. The maximum atomic E-state index is 13.4. The lowest BCUT2D eigenvalue weighted by molar-refractivity contribution is -0.123. The number of benzene rings is 1. The Bertz CT molecular complexity index is 1010. The van der Waals surface area contributed by atoms with Crippen molar-refractivity contribution in [3.63, 3.8) is 0 Å². The van der Waals surface area contributed by atoms with Gasteiger partial charge in [-0.25, -0.2) is 9.18 Å². The van der Waals surface area contributed by atoms with E-state index in [2.05, 4.69) is 10.3 Å². The molecule has 3 rings (SSSR count). The molecule has 0 aliphatic heterocycles. The monoisotopic (exact) mass is 375 g/mol. The number of hydrogen-bond donors (Lipinski definition) is 3. The second kappa shape index (κ2) is 6.96. The van der Waals surface area contributed by atoms with Crippen LogP contribution in [0.4, 0.5) is 9.39 Å². The van der Waals surface area contributed by atoms with E-state index < -0.39 is 29.7 Å². The lowest BCUT2D eigenvalue weighted by Crippen LogP contribution is -2.30. The highest BCUT2D eigenvalue weighted by atomic mass is 32.1. The Morgan fingerprint density at radius 1 is 1.27 bits per heavy atom. The summed E-state index contributed by atoms with van der Waals surface area (Å²) < 4.78 is 18.5. The minimum atomic E-state index is -1.14. The molecule has 0 aliphatic rings. The van der Waals surface area contributed by atoms with Gasteiger partial charge in [-0.1, -0.05) is 0 Å². The SMILES string of the molecule is CC(OC(=O)c1c[nH]c2ccc(F)cc12)C(=O)Nc1sccc1C(N)=O. The fourth-order valence-electron chi connectivity index (χ4n) is 2.35. The standard InChI is InChI=1S/C17H14FN3O4S/c1-8(15(23)21-16-10(14(19)22)4-5-26-16)25-17(24)12-7-20-13-3-2-9(18)6-11(12)13/h2-8,20H,1H3,(H2,19,22)(H,21,23). The van der Waals surface area contributed by atoms with E-state index in [1.165, 1.54) is 37.4 Å². The summed E-state index contributed by atoms with van der Waals surface area (Å²) in [4.78, 5) is 38.6. The van der Waals surface area contributed by atoms with Crippen LogP contribution in [-0.4, -0.2) is 28.9 Å². The van der Waals surface area contributed by atoms with Gasteiger partial charge in [-0.15, -0.1) is 11.3 Å². The van der Waals surface area contributed by atoms with Crippen LogP contribution in [0.5, 0.6) is 0 Å². The Kier molecular flexibility index (Phi) is 4.72. The number of amides is 2. The third-order valence-electron chi connectivity index (χ3n) is 3.68. The summed E-state index contributed by atoms with van der Waals surface area (Å²) in [6.07, 6.45) is 0.255. The van der Waals surface area contributed by atoms with Crippen LogP contribution >= 0.6 is 11.3 Å². The van der Waals surface area contributed by atoms with E-state index in [9.17, 15) is 18.8 Å². The molecule has 7 nitrogen and oxygen atoms in total. The molecule has 2 aromatic heterocycles. The highest BCUT2D eigenvalue weighted by Crippen LogP contribution is 2.24. The molecule has 0 bridgehead atoms. The summed E-state index contributed by atoms with van der Waals surface area (Å²) >= 11 is 1.12. The van der Waals surface area contributed by atoms with Crippen LogP contribution in [0.2, 0.25) is 0 Å². The van der Waals surface area contributed by atoms with Crippen molar-refractivity contribution in [1.29, 1.82) is 0 Å². The summed E-state index contributed by atoms with van der Waals surface area (Å²) in [6.45, 7) is 1.39. The zero-order valence-corrected chi connectivity index (χ0v) is 14.4. The molecule has 0 saturated heterocycles. The average Bonchev–Trinajstić information content (AvgIpc) is 3.20. The number of primary amides is 1. The minimum absolute atomic E-state index is 0.119. The average molecular weight is 375 g/mol. The summed E-state index contributed by atoms with van der Waals surface area (Å²) in [7, 11) is 0. The lowest BCUT2D eigenvalue weighted by atomic mass is 10.2. The molecule has 0 fully saturated rings. The van der Waals surface area contributed by atoms with Crippen molar-refractivity contribution in [3.05, 3.63) is 52.8 Å². The predicted octanol–water partition coefficient (Wildman–Crippen LogP) is 2.65. The molecule has 1 atom stereocenters. The number of aromatic nitrogens is 1. The van der Waals surface area contributed by atoms with Crippen LogP contribution < -0.4 is 11.1 Å². The topological polar surface area (TPSA) is 114 Å². The van der Waals surface area contributed by atoms with Crippen LogP contribution in [0.15, 0.2) is 35.8 Å². The molecular weight excluding hydrogens is 361 g/mol. The molecule has 4 N–H and O–H groups in total. The first-order chi connectivity index (χ1) is 12.4. The Morgan fingerprint density at radius 3 is 2.77 bits per heavy atom. The minimum Gasteiger partial charge on any atom is -0.449 e. The van der Waals surface area contributed by atoms with Crippen LogP contribution in [0.25, 0.3) is 10.9 Å². The van der Waals surface area contributed by atoms with Crippen molar-refractivity contribution in [2.24, 2.45) is 5.73 Å². The maximum absolute atomic E-state index is 13.4. The number of aromatic amines is 1. The first-order valence-electron chi connectivity index (χ1n) is 7.52. The molecule has 134 valence electrons. The smallest absolute Gasteiger partial charge is 0.341 e. The highest BCUT2D eigenvalue weighted by Gasteiger charge is 2.23. The van der Waals surface area contributed by atoms with Gasteiger partial charge in [-0.2, -0.15) is 0 Å². The summed E-state index contributed by atoms with van der Waals surface area (Å²) in [6, 6.07) is 5.46. The number of rotatable bonds is 5. The van der Waals surface area contributed by atoms with Crippen molar-refractivity contribution < 1.29 is 23.5 Å². The molecule has 0 spiro atoms. The second-order valence-corrected chi connectivity index (χ2v) is 6.37. The van der Waals surface area contributed by atoms with Gasteiger partial charge in [0.2, 0.25) is 0 Å². The van der Waals surface area contributed by atoms with Crippen LogP contribution in [-0.2, 0) is 9.53 Å². The zero-order chi connectivity index (χ0) is 18.8. The van der Waals surface area contributed by atoms with Gasteiger partial charge in [0.25, 0.3) is 11.8 Å². The van der Waals surface area contributed by atoms with Gasteiger partial charge in [-0.3, -0.25) is 9.59 Å². The van der Waals surface area contributed by atoms with Crippen LogP contribution in [0.1, 0.15) is 27.6 Å². The molecule has 1 aromatic carbocycles. The first kappa shape index (κ1) is 17.6. The third-order valence-corrected chi connectivity index (χ3v) is 4.51. The van der Waals surface area contributed by atoms with Gasteiger partial charge >= 0.3 is 5.97 Å². The predicted molar refractivity (Wildman–Crippen MR) is 94.6 cm³/mol. The van der Waals surface area contributed by atoms with Gasteiger partial charge in [0.15, 0.2) is 6.10 Å². The number of halogens is 1. The van der Waals surface area contributed by atoms with Gasteiger partial charge in [0, 0.05) is 17.1 Å². The Morgan fingerprint density at radius 2 is 2.04 bits per heavy atom. The quantitative estimate of drug-likeness (QED) is 0.595. The lowest BCUT2D eigenvalue weighted by Gasteiger charge is -2.13. The number of thiophene rings is 1. The van der Waals surface area contributed by atoms with Gasteiger partial charge in [0.1, 0.15) is 10.8 Å². The number of hydrogen-bond acceptors (Lipinski definition) is 5. The van der Waals surface area contributed by atoms with E-state index >= 15 is 0 Å². The van der Waals surface area contributed by atoms with E-state index in [1.807, 2.05) is 0 Å². The molecule has 2 amide bonds. The van der Waals surface area contributed by atoms with Gasteiger partial charge in [-0.05, 0) is 36.6 Å². The number of nitrogens with two attached hydrogens (primary N) is 1. The van der Waals surface area contributed by atoms with E-state index in [1.54, 1.807) is 5.38 Å².